The molecule has 0 aromatic rings. The van der Waals surface area contributed by atoms with Gasteiger partial charge in [-0.3, -0.25) is 19.2 Å². The van der Waals surface area contributed by atoms with Crippen LogP contribution in [0, 0.1) is 0 Å². The SMILES string of the molecule is CC(O)C(N)C(=O)NCC(=O)NC(CO)C(=O)NC(CC(=O)O)C(=O)O. The van der Waals surface area contributed by atoms with Crippen LogP contribution in [0.3, 0.4) is 0 Å². The van der Waals surface area contributed by atoms with Crippen molar-refractivity contribution in [3.05, 3.63) is 0 Å². The molecule has 0 aliphatic rings. The lowest BCUT2D eigenvalue weighted by molar-refractivity contribution is -0.147. The fourth-order valence-corrected chi connectivity index (χ4v) is 1.59. The van der Waals surface area contributed by atoms with Gasteiger partial charge in [-0.05, 0) is 6.92 Å². The smallest absolute Gasteiger partial charge is 0.326 e. The first kappa shape index (κ1) is 23.2. The number of hydrogen-bond donors (Lipinski definition) is 8. The summed E-state index contributed by atoms with van der Waals surface area (Å²) in [7, 11) is 0. The molecule has 0 saturated carbocycles. The van der Waals surface area contributed by atoms with Crippen LogP contribution in [0.5, 0.6) is 0 Å². The molecule has 0 fully saturated rings. The predicted molar refractivity (Wildman–Crippen MR) is 83.5 cm³/mol. The maximum absolute atomic E-state index is 11.9. The van der Waals surface area contributed by atoms with Gasteiger partial charge in [-0.2, -0.15) is 0 Å². The monoisotopic (exact) mass is 378 g/mol. The van der Waals surface area contributed by atoms with Crippen LogP contribution in [0.1, 0.15) is 13.3 Å². The molecule has 0 heterocycles. The molecule has 4 atom stereocenters. The summed E-state index contributed by atoms with van der Waals surface area (Å²) in [4.78, 5) is 56.5. The second-order valence-electron chi connectivity index (χ2n) is 5.28. The Morgan fingerprint density at radius 2 is 1.58 bits per heavy atom. The van der Waals surface area contributed by atoms with Crippen molar-refractivity contribution in [2.45, 2.75) is 37.6 Å². The van der Waals surface area contributed by atoms with Crippen molar-refractivity contribution in [3.8, 4) is 0 Å². The summed E-state index contributed by atoms with van der Waals surface area (Å²) < 4.78 is 0. The lowest BCUT2D eigenvalue weighted by atomic mass is 10.2. The van der Waals surface area contributed by atoms with Gasteiger partial charge < -0.3 is 42.1 Å². The second-order valence-corrected chi connectivity index (χ2v) is 5.28. The molecule has 0 radical (unpaired) electrons. The molecule has 13 heteroatoms. The summed E-state index contributed by atoms with van der Waals surface area (Å²) in [6.07, 6.45) is -2.06. The summed E-state index contributed by atoms with van der Waals surface area (Å²) in [5.74, 6) is -5.94. The Balaban J connectivity index is 4.65. The van der Waals surface area contributed by atoms with Gasteiger partial charge in [0.25, 0.3) is 0 Å². The quantitative estimate of drug-likeness (QED) is 0.171. The zero-order chi connectivity index (χ0) is 20.4. The third-order valence-electron chi connectivity index (χ3n) is 3.07. The lowest BCUT2D eigenvalue weighted by Crippen LogP contribution is -2.55. The summed E-state index contributed by atoms with van der Waals surface area (Å²) >= 11 is 0. The second kappa shape index (κ2) is 11.0. The van der Waals surface area contributed by atoms with Crippen LogP contribution in [0.4, 0.5) is 0 Å². The zero-order valence-electron chi connectivity index (χ0n) is 13.8. The molecule has 0 aliphatic carbocycles. The number of aliphatic carboxylic acids is 2. The van der Waals surface area contributed by atoms with Gasteiger partial charge in [0, 0.05) is 0 Å². The molecule has 148 valence electrons. The Kier molecular flexibility index (Phi) is 9.80. The highest BCUT2D eigenvalue weighted by atomic mass is 16.4. The van der Waals surface area contributed by atoms with Crippen LogP contribution in [-0.4, -0.2) is 87.5 Å². The molecule has 3 amide bonds. The summed E-state index contributed by atoms with van der Waals surface area (Å²) in [6, 6.07) is -4.60. The Morgan fingerprint density at radius 3 is 2.00 bits per heavy atom. The average Bonchev–Trinajstić information content (AvgIpc) is 2.55. The Hall–Kier alpha value is -2.77. The minimum Gasteiger partial charge on any atom is -0.481 e. The van der Waals surface area contributed by atoms with Crippen molar-refractivity contribution in [3.63, 3.8) is 0 Å². The summed E-state index contributed by atoms with van der Waals surface area (Å²) in [6.45, 7) is -0.259. The first-order valence-corrected chi connectivity index (χ1v) is 7.36. The molecule has 26 heavy (non-hydrogen) atoms. The lowest BCUT2D eigenvalue weighted by Gasteiger charge is -2.19. The Labute approximate surface area is 147 Å². The van der Waals surface area contributed by atoms with Crippen molar-refractivity contribution >= 4 is 29.7 Å². The van der Waals surface area contributed by atoms with Crippen molar-refractivity contribution in [1.82, 2.24) is 16.0 Å². The highest BCUT2D eigenvalue weighted by Crippen LogP contribution is 1.95. The molecule has 0 aliphatic heterocycles. The van der Waals surface area contributed by atoms with E-state index in [1.807, 2.05) is 10.6 Å². The summed E-state index contributed by atoms with van der Waals surface area (Å²) in [5.41, 5.74) is 5.34. The number of carbonyl (C=O) groups is 5. The number of aliphatic hydroxyl groups is 2. The number of nitrogens with one attached hydrogen (secondary N) is 3. The van der Waals surface area contributed by atoms with E-state index in [1.54, 1.807) is 0 Å². The fourth-order valence-electron chi connectivity index (χ4n) is 1.59. The molecule has 9 N–H and O–H groups in total. The van der Waals surface area contributed by atoms with Crippen LogP contribution < -0.4 is 21.7 Å². The highest BCUT2D eigenvalue weighted by Gasteiger charge is 2.28. The van der Waals surface area contributed by atoms with Crippen LogP contribution >= 0.6 is 0 Å². The number of carboxylic acid groups (broad SMARTS) is 2. The molecule has 4 unspecified atom stereocenters. The van der Waals surface area contributed by atoms with E-state index in [9.17, 15) is 24.0 Å². The number of nitrogens with two attached hydrogens (primary N) is 1. The van der Waals surface area contributed by atoms with Gasteiger partial charge in [0.05, 0.1) is 25.7 Å². The normalized spacial score (nSPS) is 15.1. The zero-order valence-corrected chi connectivity index (χ0v) is 13.8. The molecule has 0 rings (SSSR count). The van der Waals surface area contributed by atoms with E-state index >= 15 is 0 Å². The molecule has 13 nitrogen and oxygen atoms in total. The van der Waals surface area contributed by atoms with Crippen molar-refractivity contribution < 1.29 is 44.4 Å². The molecule has 0 spiro atoms. The van der Waals surface area contributed by atoms with E-state index < -0.39 is 73.5 Å². The van der Waals surface area contributed by atoms with E-state index in [4.69, 9.17) is 26.2 Å². The van der Waals surface area contributed by atoms with Gasteiger partial charge in [-0.1, -0.05) is 0 Å². The average molecular weight is 378 g/mol. The van der Waals surface area contributed by atoms with E-state index in [2.05, 4.69) is 5.32 Å². The van der Waals surface area contributed by atoms with Crippen LogP contribution in [-0.2, 0) is 24.0 Å². The van der Waals surface area contributed by atoms with Gasteiger partial charge in [0.2, 0.25) is 17.7 Å². The van der Waals surface area contributed by atoms with E-state index in [-0.39, 0.29) is 0 Å². The summed E-state index contributed by atoms with van der Waals surface area (Å²) in [5, 5.41) is 41.7. The minimum atomic E-state index is -1.75. The third kappa shape index (κ3) is 8.36. The first-order valence-electron chi connectivity index (χ1n) is 7.36. The van der Waals surface area contributed by atoms with Crippen LogP contribution in [0.25, 0.3) is 0 Å². The molecule has 0 saturated heterocycles. The van der Waals surface area contributed by atoms with Crippen LogP contribution in [0.2, 0.25) is 0 Å². The molecule has 0 aromatic carbocycles. The number of aliphatic hydroxyl groups excluding tert-OH is 2. The largest absolute Gasteiger partial charge is 0.481 e. The molecule has 0 aromatic heterocycles. The van der Waals surface area contributed by atoms with E-state index in [0.29, 0.717) is 0 Å². The van der Waals surface area contributed by atoms with Crippen molar-refractivity contribution in [2.75, 3.05) is 13.2 Å². The first-order chi connectivity index (χ1) is 12.0. The number of rotatable bonds is 11. The van der Waals surface area contributed by atoms with Gasteiger partial charge in [0.1, 0.15) is 18.1 Å². The maximum atomic E-state index is 11.9. The number of amides is 3. The van der Waals surface area contributed by atoms with Gasteiger partial charge >= 0.3 is 11.9 Å². The Bertz CT molecular complexity index is 552. The van der Waals surface area contributed by atoms with Crippen molar-refractivity contribution in [1.29, 1.82) is 0 Å². The minimum absolute atomic E-state index is 0.624. The van der Waals surface area contributed by atoms with Crippen LogP contribution in [0.15, 0.2) is 0 Å². The van der Waals surface area contributed by atoms with Crippen molar-refractivity contribution in [2.24, 2.45) is 5.73 Å². The van der Waals surface area contributed by atoms with Gasteiger partial charge in [0.15, 0.2) is 0 Å². The molecule has 0 bridgehead atoms. The molecular weight excluding hydrogens is 356 g/mol. The van der Waals surface area contributed by atoms with E-state index in [0.717, 1.165) is 0 Å². The topological polar surface area (TPSA) is 228 Å². The van der Waals surface area contributed by atoms with E-state index in [1.165, 1.54) is 6.92 Å². The predicted octanol–water partition coefficient (Wildman–Crippen LogP) is -4.67. The molecular formula is C13H22N4O9. The fraction of sp³-hybridized carbons (Fsp3) is 0.615. The standard InChI is InChI=1S/C13H22N4O9/c1-5(19)10(14)12(24)15-3-8(20)16-7(4-18)11(23)17-6(13(25)26)2-9(21)22/h5-7,10,18-19H,2-4,14H2,1H3,(H,15,24)(H,16,20)(H,17,23)(H,21,22)(H,25,26). The number of hydrogen-bond acceptors (Lipinski definition) is 8. The Morgan fingerprint density at radius 1 is 1.00 bits per heavy atom. The highest BCUT2D eigenvalue weighted by molar-refractivity contribution is 5.93. The van der Waals surface area contributed by atoms with Gasteiger partial charge in [-0.15, -0.1) is 0 Å². The van der Waals surface area contributed by atoms with Gasteiger partial charge in [-0.25, -0.2) is 4.79 Å². The maximum Gasteiger partial charge on any atom is 0.326 e. The number of carboxylic acids is 2. The third-order valence-corrected chi connectivity index (χ3v) is 3.07. The number of carbonyl (C=O) groups excluding carboxylic acids is 3.